The maximum Gasteiger partial charge on any atom is 0.231 e. The summed E-state index contributed by atoms with van der Waals surface area (Å²) >= 11 is 1.28. The van der Waals surface area contributed by atoms with Crippen molar-refractivity contribution in [3.63, 3.8) is 0 Å². The number of aryl methyl sites for hydroxylation is 1. The second-order valence-electron chi connectivity index (χ2n) is 4.63. The van der Waals surface area contributed by atoms with Crippen LogP contribution in [0.4, 0.5) is 11.9 Å². The quantitative estimate of drug-likeness (QED) is 0.863. The molecule has 2 aromatic heterocycles. The smallest absolute Gasteiger partial charge is 0.231 e. The SMILES string of the molecule is Cc1nc(Sc2nc(N)nc(N3CCCCC3)n2)n[nH]1. The highest BCUT2D eigenvalue weighted by atomic mass is 32.2. The van der Waals surface area contributed by atoms with Crippen LogP contribution in [0.5, 0.6) is 0 Å². The minimum Gasteiger partial charge on any atom is -0.368 e. The van der Waals surface area contributed by atoms with E-state index in [1.807, 2.05) is 6.92 Å². The van der Waals surface area contributed by atoms with Crippen molar-refractivity contribution in [1.29, 1.82) is 0 Å². The molecule has 3 rings (SSSR count). The normalized spacial score (nSPS) is 15.6. The first-order valence-corrected chi connectivity index (χ1v) is 7.36. The second-order valence-corrected chi connectivity index (χ2v) is 5.56. The molecule has 3 N–H and O–H groups in total. The van der Waals surface area contributed by atoms with E-state index in [2.05, 4.69) is 35.0 Å². The van der Waals surface area contributed by atoms with Gasteiger partial charge in [0.25, 0.3) is 0 Å². The Kier molecular flexibility index (Phi) is 3.68. The third-order valence-electron chi connectivity index (χ3n) is 3.02. The summed E-state index contributed by atoms with van der Waals surface area (Å²) in [6.45, 7) is 3.78. The molecule has 0 saturated carbocycles. The van der Waals surface area contributed by atoms with Gasteiger partial charge >= 0.3 is 0 Å². The van der Waals surface area contributed by atoms with Crippen molar-refractivity contribution in [1.82, 2.24) is 30.1 Å². The molecule has 0 aliphatic carbocycles. The number of anilines is 2. The van der Waals surface area contributed by atoms with Crippen LogP contribution in [0.25, 0.3) is 0 Å². The van der Waals surface area contributed by atoms with Gasteiger partial charge in [0.15, 0.2) is 0 Å². The highest BCUT2D eigenvalue weighted by Crippen LogP contribution is 2.24. The molecule has 20 heavy (non-hydrogen) atoms. The van der Waals surface area contributed by atoms with E-state index in [4.69, 9.17) is 5.73 Å². The summed E-state index contributed by atoms with van der Waals surface area (Å²) in [6, 6.07) is 0. The first kappa shape index (κ1) is 13.1. The zero-order chi connectivity index (χ0) is 13.9. The minimum atomic E-state index is 0.232. The molecule has 0 bridgehead atoms. The first-order chi connectivity index (χ1) is 9.70. The van der Waals surface area contributed by atoms with Crippen LogP contribution in [0.2, 0.25) is 0 Å². The predicted molar refractivity (Wildman–Crippen MR) is 75.5 cm³/mol. The van der Waals surface area contributed by atoms with Gasteiger partial charge in [-0.3, -0.25) is 5.10 Å². The van der Waals surface area contributed by atoms with Gasteiger partial charge in [-0.05, 0) is 37.9 Å². The van der Waals surface area contributed by atoms with Gasteiger partial charge in [0, 0.05) is 13.1 Å². The molecular formula is C11H16N8S. The van der Waals surface area contributed by atoms with Gasteiger partial charge < -0.3 is 10.6 Å². The van der Waals surface area contributed by atoms with Gasteiger partial charge in [0.2, 0.25) is 22.2 Å². The highest BCUT2D eigenvalue weighted by molar-refractivity contribution is 7.99. The van der Waals surface area contributed by atoms with Crippen molar-refractivity contribution in [3.8, 4) is 0 Å². The number of rotatable bonds is 3. The number of nitrogens with zero attached hydrogens (tertiary/aromatic N) is 6. The third-order valence-corrected chi connectivity index (χ3v) is 3.75. The van der Waals surface area contributed by atoms with Gasteiger partial charge in [-0.1, -0.05) is 0 Å². The number of piperidine rings is 1. The number of aromatic amines is 1. The Labute approximate surface area is 120 Å². The zero-order valence-corrected chi connectivity index (χ0v) is 12.0. The van der Waals surface area contributed by atoms with Crippen molar-refractivity contribution >= 4 is 23.7 Å². The molecule has 1 aliphatic heterocycles. The summed E-state index contributed by atoms with van der Waals surface area (Å²) in [6.07, 6.45) is 3.58. The fraction of sp³-hybridized carbons (Fsp3) is 0.545. The molecule has 0 unspecified atom stereocenters. The molecule has 0 atom stereocenters. The number of aromatic nitrogens is 6. The van der Waals surface area contributed by atoms with Crippen LogP contribution >= 0.6 is 11.8 Å². The van der Waals surface area contributed by atoms with Crippen LogP contribution in [0, 0.1) is 6.92 Å². The molecule has 0 spiro atoms. The highest BCUT2D eigenvalue weighted by Gasteiger charge is 2.16. The van der Waals surface area contributed by atoms with Crippen LogP contribution in [-0.2, 0) is 0 Å². The monoisotopic (exact) mass is 292 g/mol. The lowest BCUT2D eigenvalue weighted by Crippen LogP contribution is -2.31. The van der Waals surface area contributed by atoms with Crippen molar-refractivity contribution in [2.45, 2.75) is 36.5 Å². The van der Waals surface area contributed by atoms with Gasteiger partial charge in [-0.2, -0.15) is 15.0 Å². The molecular weight excluding hydrogens is 276 g/mol. The minimum absolute atomic E-state index is 0.232. The number of H-pyrrole nitrogens is 1. The van der Waals surface area contributed by atoms with E-state index in [-0.39, 0.29) is 5.95 Å². The summed E-state index contributed by atoms with van der Waals surface area (Å²) in [5.41, 5.74) is 5.77. The number of nitrogen functional groups attached to an aromatic ring is 1. The number of nitrogens with two attached hydrogens (primary N) is 1. The second kappa shape index (κ2) is 5.61. The lowest BCUT2D eigenvalue weighted by atomic mass is 10.1. The lowest BCUT2D eigenvalue weighted by molar-refractivity contribution is 0.565. The molecule has 8 nitrogen and oxygen atoms in total. The Morgan fingerprint density at radius 3 is 2.55 bits per heavy atom. The lowest BCUT2D eigenvalue weighted by Gasteiger charge is -2.26. The molecule has 0 aromatic carbocycles. The van der Waals surface area contributed by atoms with Crippen molar-refractivity contribution in [2.75, 3.05) is 23.7 Å². The molecule has 1 saturated heterocycles. The molecule has 0 radical (unpaired) electrons. The van der Waals surface area contributed by atoms with Gasteiger partial charge in [-0.25, -0.2) is 4.98 Å². The fourth-order valence-electron chi connectivity index (χ4n) is 2.09. The largest absolute Gasteiger partial charge is 0.368 e. The topological polar surface area (TPSA) is 110 Å². The standard InChI is InChI=1S/C11H16N8S/c1-7-13-11(18-17-7)20-10-15-8(12)14-9(16-10)19-5-3-2-4-6-19/h2-6H2,1H3,(H,13,17,18)(H2,12,14,15,16). The Morgan fingerprint density at radius 2 is 1.85 bits per heavy atom. The summed E-state index contributed by atoms with van der Waals surface area (Å²) < 4.78 is 0. The van der Waals surface area contributed by atoms with Gasteiger partial charge in [0.1, 0.15) is 5.82 Å². The zero-order valence-electron chi connectivity index (χ0n) is 11.2. The van der Waals surface area contributed by atoms with E-state index < -0.39 is 0 Å². The molecule has 0 amide bonds. The average molecular weight is 292 g/mol. The van der Waals surface area contributed by atoms with E-state index in [0.717, 1.165) is 31.8 Å². The third kappa shape index (κ3) is 2.98. The Morgan fingerprint density at radius 1 is 1.05 bits per heavy atom. The molecule has 2 aromatic rings. The molecule has 106 valence electrons. The Hall–Kier alpha value is -1.90. The van der Waals surface area contributed by atoms with E-state index in [1.54, 1.807) is 0 Å². The summed E-state index contributed by atoms with van der Waals surface area (Å²) in [5.74, 6) is 1.63. The first-order valence-electron chi connectivity index (χ1n) is 6.54. The molecule has 1 fully saturated rings. The maximum absolute atomic E-state index is 5.77. The van der Waals surface area contributed by atoms with Gasteiger partial charge in [0.05, 0.1) is 0 Å². The number of nitrogens with one attached hydrogen (secondary N) is 1. The Bertz CT molecular complexity index is 592. The van der Waals surface area contributed by atoms with Crippen LogP contribution in [0.1, 0.15) is 25.1 Å². The van der Waals surface area contributed by atoms with Crippen molar-refractivity contribution in [3.05, 3.63) is 5.82 Å². The number of hydrogen-bond acceptors (Lipinski definition) is 8. The van der Waals surface area contributed by atoms with E-state index in [9.17, 15) is 0 Å². The van der Waals surface area contributed by atoms with E-state index in [1.165, 1.54) is 18.2 Å². The molecule has 1 aliphatic rings. The van der Waals surface area contributed by atoms with Crippen LogP contribution in [0.3, 0.4) is 0 Å². The van der Waals surface area contributed by atoms with Crippen LogP contribution < -0.4 is 10.6 Å². The van der Waals surface area contributed by atoms with Crippen LogP contribution in [-0.4, -0.2) is 43.2 Å². The maximum atomic E-state index is 5.77. The Balaban J connectivity index is 1.82. The van der Waals surface area contributed by atoms with Gasteiger partial charge in [-0.15, -0.1) is 5.10 Å². The van der Waals surface area contributed by atoms with Crippen LogP contribution in [0.15, 0.2) is 10.3 Å². The summed E-state index contributed by atoms with van der Waals surface area (Å²) in [7, 11) is 0. The summed E-state index contributed by atoms with van der Waals surface area (Å²) in [4.78, 5) is 19.2. The molecule has 9 heteroatoms. The number of hydrogen-bond donors (Lipinski definition) is 2. The van der Waals surface area contributed by atoms with E-state index >= 15 is 0 Å². The summed E-state index contributed by atoms with van der Waals surface area (Å²) in [5, 5.41) is 7.95. The van der Waals surface area contributed by atoms with Crippen molar-refractivity contribution < 1.29 is 0 Å². The fourth-order valence-corrected chi connectivity index (χ4v) is 2.80. The van der Waals surface area contributed by atoms with Crippen molar-refractivity contribution in [2.24, 2.45) is 0 Å². The van der Waals surface area contributed by atoms with E-state index in [0.29, 0.717) is 16.3 Å². The predicted octanol–water partition coefficient (Wildman–Crippen LogP) is 1.02. The molecule has 3 heterocycles. The average Bonchev–Trinajstić information content (AvgIpc) is 2.84.